The maximum Gasteiger partial charge on any atom is 0.165 e. The minimum Gasteiger partial charge on any atom is -0.296 e. The largest absolute Gasteiger partial charge is 0.296 e. The third-order valence-electron chi connectivity index (χ3n) is 6.26. The molecule has 0 bridgehead atoms. The van der Waals surface area contributed by atoms with Crippen LogP contribution < -0.4 is 0 Å². The van der Waals surface area contributed by atoms with Crippen LogP contribution in [-0.2, 0) is 25.4 Å². The first-order valence-electron chi connectivity index (χ1n) is 11.2. The van der Waals surface area contributed by atoms with Crippen LogP contribution in [0.2, 0.25) is 0 Å². The number of likely N-dealkylation sites (tertiary alicyclic amines) is 1. The number of hydrogen-bond donors (Lipinski definition) is 0. The summed E-state index contributed by atoms with van der Waals surface area (Å²) < 4.78 is 1.92. The maximum atomic E-state index is 4.86. The monoisotopic (exact) mass is 402 g/mol. The molecule has 158 valence electrons. The molecule has 4 rings (SSSR count). The van der Waals surface area contributed by atoms with Crippen LogP contribution >= 0.6 is 0 Å². The molecule has 0 amide bonds. The lowest BCUT2D eigenvalue weighted by molar-refractivity contribution is 0.173. The Labute approximate surface area is 181 Å². The molecule has 0 N–H and O–H groups in total. The van der Waals surface area contributed by atoms with Gasteiger partial charge in [-0.25, -0.2) is 9.67 Å². The molecule has 0 aliphatic carbocycles. The van der Waals surface area contributed by atoms with Crippen molar-refractivity contribution in [3.05, 3.63) is 71.5 Å². The fraction of sp³-hybridized carbons (Fsp3) is 0.462. The fourth-order valence-corrected chi connectivity index (χ4v) is 4.37. The fourth-order valence-electron chi connectivity index (χ4n) is 4.37. The molecule has 2 aromatic carbocycles. The predicted octanol–water partition coefficient (Wildman–Crippen LogP) is 5.23. The number of benzene rings is 2. The van der Waals surface area contributed by atoms with Gasteiger partial charge in [0.15, 0.2) is 11.6 Å². The quantitative estimate of drug-likeness (QED) is 0.586. The molecule has 3 aromatic rings. The van der Waals surface area contributed by atoms with Crippen molar-refractivity contribution >= 4 is 0 Å². The zero-order valence-electron chi connectivity index (χ0n) is 18.8. The normalized spacial score (nSPS) is 16.1. The lowest BCUT2D eigenvalue weighted by atomic mass is 9.87. The van der Waals surface area contributed by atoms with Gasteiger partial charge < -0.3 is 0 Å². The number of piperidine rings is 1. The van der Waals surface area contributed by atoms with Gasteiger partial charge >= 0.3 is 0 Å². The SMILES string of the molecule is Cn1nc(CN2CCC(Cc3ccccc3)CC2)nc1-c1ccc(C(C)(C)C)cc1. The standard InChI is InChI=1S/C26H34N4/c1-26(2,3)23-12-10-22(11-13-23)25-27-24(28-29(25)4)19-30-16-14-21(15-17-30)18-20-8-6-5-7-9-20/h5-13,21H,14-19H2,1-4H3. The number of aryl methyl sites for hydroxylation is 1. The Hall–Kier alpha value is -2.46. The Morgan fingerprint density at radius 1 is 0.933 bits per heavy atom. The molecule has 0 spiro atoms. The van der Waals surface area contributed by atoms with E-state index >= 15 is 0 Å². The summed E-state index contributed by atoms with van der Waals surface area (Å²) in [6.45, 7) is 9.82. The van der Waals surface area contributed by atoms with Gasteiger partial charge in [-0.3, -0.25) is 4.90 Å². The highest BCUT2D eigenvalue weighted by Crippen LogP contribution is 2.26. The molecule has 4 heteroatoms. The summed E-state index contributed by atoms with van der Waals surface area (Å²) in [7, 11) is 2.00. The van der Waals surface area contributed by atoms with E-state index in [9.17, 15) is 0 Å². The number of rotatable bonds is 5. The molecule has 0 atom stereocenters. The number of aromatic nitrogens is 3. The highest BCUT2D eigenvalue weighted by molar-refractivity contribution is 5.56. The molecule has 1 aliphatic heterocycles. The molecular formula is C26H34N4. The van der Waals surface area contributed by atoms with Crippen LogP contribution in [0.3, 0.4) is 0 Å². The minimum atomic E-state index is 0.163. The van der Waals surface area contributed by atoms with Crippen LogP contribution in [0.4, 0.5) is 0 Å². The molecule has 4 nitrogen and oxygen atoms in total. The Balaban J connectivity index is 1.35. The van der Waals surface area contributed by atoms with Gasteiger partial charge in [0.25, 0.3) is 0 Å². The highest BCUT2D eigenvalue weighted by Gasteiger charge is 2.21. The Morgan fingerprint density at radius 3 is 2.23 bits per heavy atom. The van der Waals surface area contributed by atoms with Gasteiger partial charge in [0.2, 0.25) is 0 Å². The zero-order valence-corrected chi connectivity index (χ0v) is 18.8. The first-order valence-corrected chi connectivity index (χ1v) is 11.2. The van der Waals surface area contributed by atoms with Crippen molar-refractivity contribution in [2.75, 3.05) is 13.1 Å². The van der Waals surface area contributed by atoms with Gasteiger partial charge in [-0.2, -0.15) is 5.10 Å². The van der Waals surface area contributed by atoms with Crippen LogP contribution in [0.5, 0.6) is 0 Å². The second-order valence-electron chi connectivity index (χ2n) is 9.71. The second-order valence-corrected chi connectivity index (χ2v) is 9.71. The van der Waals surface area contributed by atoms with Crippen molar-refractivity contribution in [3.63, 3.8) is 0 Å². The third kappa shape index (κ3) is 4.99. The van der Waals surface area contributed by atoms with Crippen molar-refractivity contribution < 1.29 is 0 Å². The smallest absolute Gasteiger partial charge is 0.165 e. The zero-order chi connectivity index (χ0) is 21.1. The van der Waals surface area contributed by atoms with Crippen LogP contribution in [0.15, 0.2) is 54.6 Å². The molecule has 1 fully saturated rings. The first kappa shape index (κ1) is 20.8. The summed E-state index contributed by atoms with van der Waals surface area (Å²) in [5.74, 6) is 2.66. The molecular weight excluding hydrogens is 368 g/mol. The van der Waals surface area contributed by atoms with Crippen molar-refractivity contribution in [3.8, 4) is 11.4 Å². The van der Waals surface area contributed by atoms with Crippen LogP contribution in [0.1, 0.15) is 50.6 Å². The Morgan fingerprint density at radius 2 is 1.60 bits per heavy atom. The molecule has 1 aromatic heterocycles. The van der Waals surface area contributed by atoms with Crippen molar-refractivity contribution in [1.82, 2.24) is 19.7 Å². The molecule has 30 heavy (non-hydrogen) atoms. The van der Waals surface area contributed by atoms with Gasteiger partial charge in [-0.15, -0.1) is 0 Å². The van der Waals surface area contributed by atoms with E-state index in [1.165, 1.54) is 30.4 Å². The van der Waals surface area contributed by atoms with E-state index in [0.717, 1.165) is 42.8 Å². The molecule has 2 heterocycles. The summed E-state index contributed by atoms with van der Waals surface area (Å²) >= 11 is 0. The van der Waals surface area contributed by atoms with Gasteiger partial charge in [-0.1, -0.05) is 75.4 Å². The second kappa shape index (κ2) is 8.73. The maximum absolute atomic E-state index is 4.86. The Kier molecular flexibility index (Phi) is 6.05. The topological polar surface area (TPSA) is 34.0 Å². The van der Waals surface area contributed by atoms with Gasteiger partial charge in [0.05, 0.1) is 6.54 Å². The minimum absolute atomic E-state index is 0.163. The highest BCUT2D eigenvalue weighted by atomic mass is 15.3. The molecule has 1 aliphatic rings. The Bertz CT molecular complexity index is 943. The average molecular weight is 403 g/mol. The lowest BCUT2D eigenvalue weighted by Gasteiger charge is -2.31. The average Bonchev–Trinajstić information content (AvgIpc) is 3.10. The third-order valence-corrected chi connectivity index (χ3v) is 6.26. The summed E-state index contributed by atoms with van der Waals surface area (Å²) in [6, 6.07) is 19.6. The molecule has 1 saturated heterocycles. The molecule has 0 radical (unpaired) electrons. The van der Waals surface area contributed by atoms with E-state index < -0.39 is 0 Å². The summed E-state index contributed by atoms with van der Waals surface area (Å²) in [5, 5.41) is 4.70. The van der Waals surface area contributed by atoms with Gasteiger partial charge in [0, 0.05) is 12.6 Å². The van der Waals surface area contributed by atoms with Crippen molar-refractivity contribution in [2.45, 2.75) is 52.0 Å². The van der Waals surface area contributed by atoms with Crippen LogP contribution in [-0.4, -0.2) is 32.8 Å². The van der Waals surface area contributed by atoms with Gasteiger partial charge in [0.1, 0.15) is 0 Å². The summed E-state index contributed by atoms with van der Waals surface area (Å²) in [5.41, 5.74) is 4.10. The van der Waals surface area contributed by atoms with Gasteiger partial charge in [-0.05, 0) is 54.8 Å². The van der Waals surface area contributed by atoms with Crippen LogP contribution in [0.25, 0.3) is 11.4 Å². The first-order chi connectivity index (χ1) is 14.4. The van der Waals surface area contributed by atoms with E-state index in [2.05, 4.69) is 80.3 Å². The predicted molar refractivity (Wildman–Crippen MR) is 123 cm³/mol. The summed E-state index contributed by atoms with van der Waals surface area (Å²) in [6.07, 6.45) is 3.71. The van der Waals surface area contributed by atoms with Crippen molar-refractivity contribution in [1.29, 1.82) is 0 Å². The molecule has 0 unspecified atom stereocenters. The lowest BCUT2D eigenvalue weighted by Crippen LogP contribution is -2.34. The number of hydrogen-bond acceptors (Lipinski definition) is 3. The van der Waals surface area contributed by atoms with E-state index in [0.29, 0.717) is 0 Å². The van der Waals surface area contributed by atoms with Crippen molar-refractivity contribution in [2.24, 2.45) is 13.0 Å². The van der Waals surface area contributed by atoms with E-state index in [1.807, 2.05) is 11.7 Å². The van der Waals surface area contributed by atoms with E-state index in [4.69, 9.17) is 10.1 Å². The summed E-state index contributed by atoms with van der Waals surface area (Å²) in [4.78, 5) is 7.37. The number of nitrogens with zero attached hydrogens (tertiary/aromatic N) is 4. The van der Waals surface area contributed by atoms with Crippen LogP contribution in [0, 0.1) is 5.92 Å². The molecule has 0 saturated carbocycles. The van der Waals surface area contributed by atoms with E-state index in [1.54, 1.807) is 0 Å². The van der Waals surface area contributed by atoms with E-state index in [-0.39, 0.29) is 5.41 Å².